The van der Waals surface area contributed by atoms with Gasteiger partial charge in [0.05, 0.1) is 10.6 Å². The van der Waals surface area contributed by atoms with E-state index in [-0.39, 0.29) is 21.3 Å². The lowest BCUT2D eigenvalue weighted by molar-refractivity contribution is -0.194. The highest BCUT2D eigenvalue weighted by atomic mass is 35.5. The summed E-state index contributed by atoms with van der Waals surface area (Å²) >= 11 is 5.78. The van der Waals surface area contributed by atoms with Gasteiger partial charge in [-0.2, -0.15) is 17.9 Å². The van der Waals surface area contributed by atoms with Crippen LogP contribution in [0.25, 0.3) is 0 Å². The summed E-state index contributed by atoms with van der Waals surface area (Å²) in [4.78, 5) is 35.6. The van der Waals surface area contributed by atoms with E-state index >= 15 is 0 Å². The molecule has 3 N–H and O–H groups in total. The maximum absolute atomic E-state index is 14.0. The van der Waals surface area contributed by atoms with Crippen LogP contribution in [-0.2, 0) is 19.6 Å². The van der Waals surface area contributed by atoms with E-state index in [1.54, 1.807) is 0 Å². The zero-order valence-electron chi connectivity index (χ0n) is 16.0. The molecule has 0 aliphatic carbocycles. The van der Waals surface area contributed by atoms with E-state index in [2.05, 4.69) is 5.32 Å². The van der Waals surface area contributed by atoms with Crippen molar-refractivity contribution in [2.45, 2.75) is 23.7 Å². The van der Waals surface area contributed by atoms with Crippen LogP contribution in [0.15, 0.2) is 53.4 Å². The summed E-state index contributed by atoms with van der Waals surface area (Å²) in [6.07, 6.45) is -5.55. The second-order valence-electron chi connectivity index (χ2n) is 6.61. The highest BCUT2D eigenvalue weighted by Gasteiger charge is 2.69. The predicted octanol–water partition coefficient (Wildman–Crippen LogP) is 2.59. The number of halogens is 4. The van der Waals surface area contributed by atoms with Crippen LogP contribution in [0.3, 0.4) is 0 Å². The third kappa shape index (κ3) is 4.26. The van der Waals surface area contributed by atoms with Crippen LogP contribution in [0.2, 0.25) is 5.02 Å². The summed E-state index contributed by atoms with van der Waals surface area (Å²) in [7, 11) is -4.97. The number of carbonyl (C=O) groups excluding carboxylic acids is 3. The number of nitrogens with zero attached hydrogens (tertiary/aromatic N) is 1. The van der Waals surface area contributed by atoms with Crippen molar-refractivity contribution in [1.82, 2.24) is 10.0 Å². The number of alkyl halides is 3. The first-order valence-corrected chi connectivity index (χ1v) is 10.5. The van der Waals surface area contributed by atoms with Gasteiger partial charge in [-0.3, -0.25) is 9.59 Å². The Morgan fingerprint density at radius 2 is 1.75 bits per heavy atom. The number of amides is 4. The fourth-order valence-electron chi connectivity index (χ4n) is 2.88. The van der Waals surface area contributed by atoms with Gasteiger partial charge in [0.15, 0.2) is 0 Å². The van der Waals surface area contributed by atoms with Crippen molar-refractivity contribution in [3.63, 3.8) is 0 Å². The van der Waals surface area contributed by atoms with Gasteiger partial charge in [-0.1, -0.05) is 17.7 Å². The molecule has 0 aromatic heterocycles. The summed E-state index contributed by atoms with van der Waals surface area (Å²) < 4.78 is 68.6. The summed E-state index contributed by atoms with van der Waals surface area (Å²) in [5, 5.41) is 3.81. The van der Waals surface area contributed by atoms with Crippen molar-refractivity contribution >= 4 is 50.8 Å². The SMILES string of the molecule is CC(=O)Nc1ccc(S(=O)(=O)N[C@]2(C(F)(F)F)NC(=O)N(c3cccc(Cl)c3)C2=O)cc1. The van der Waals surface area contributed by atoms with E-state index in [1.165, 1.54) is 29.1 Å². The zero-order chi connectivity index (χ0) is 23.9. The maximum atomic E-state index is 14.0. The molecule has 1 atom stereocenters. The summed E-state index contributed by atoms with van der Waals surface area (Å²) in [6, 6.07) is 7.53. The number of hydrogen-bond donors (Lipinski definition) is 3. The van der Waals surface area contributed by atoms with Crippen molar-refractivity contribution in [3.05, 3.63) is 53.6 Å². The molecule has 1 heterocycles. The lowest BCUT2D eigenvalue weighted by atomic mass is 10.1. The number of sulfonamides is 1. The van der Waals surface area contributed by atoms with Crippen LogP contribution in [-0.4, -0.2) is 38.1 Å². The van der Waals surface area contributed by atoms with Crippen LogP contribution in [0.5, 0.6) is 0 Å². The molecule has 170 valence electrons. The van der Waals surface area contributed by atoms with Gasteiger partial charge < -0.3 is 10.6 Å². The minimum atomic E-state index is -5.55. The van der Waals surface area contributed by atoms with Crippen LogP contribution in [0.4, 0.5) is 29.3 Å². The Hall–Kier alpha value is -3.16. The third-order valence-electron chi connectivity index (χ3n) is 4.29. The Kier molecular flexibility index (Phi) is 5.93. The Morgan fingerprint density at radius 1 is 1.12 bits per heavy atom. The summed E-state index contributed by atoms with van der Waals surface area (Å²) in [5.74, 6) is -2.36. The maximum Gasteiger partial charge on any atom is 0.435 e. The molecular weight excluding hydrogens is 477 g/mol. The number of urea groups is 1. The fraction of sp³-hybridized carbons (Fsp3) is 0.167. The van der Waals surface area contributed by atoms with Crippen molar-refractivity contribution < 1.29 is 36.0 Å². The lowest BCUT2D eigenvalue weighted by Crippen LogP contribution is -2.69. The largest absolute Gasteiger partial charge is 0.435 e. The second-order valence-corrected chi connectivity index (χ2v) is 8.73. The van der Waals surface area contributed by atoms with Gasteiger partial charge in [0.25, 0.3) is 11.6 Å². The van der Waals surface area contributed by atoms with Gasteiger partial charge in [-0.05, 0) is 42.5 Å². The van der Waals surface area contributed by atoms with E-state index in [0.29, 0.717) is 0 Å². The molecule has 0 radical (unpaired) electrons. The van der Waals surface area contributed by atoms with Gasteiger partial charge in [0.2, 0.25) is 15.9 Å². The van der Waals surface area contributed by atoms with Crippen molar-refractivity contribution in [1.29, 1.82) is 0 Å². The van der Waals surface area contributed by atoms with E-state index in [4.69, 9.17) is 11.6 Å². The molecule has 0 spiro atoms. The standard InChI is InChI=1S/C18H14ClF3N4O5S/c1-10(27)23-12-5-7-14(8-6-12)32(30,31)25-17(18(20,21)22)15(28)26(16(29)24-17)13-4-2-3-11(19)9-13/h2-9,25H,1H3,(H,23,27)(H,24,29)/t17-/m1/s1. The number of carbonyl (C=O) groups is 3. The second kappa shape index (κ2) is 8.07. The molecule has 0 bridgehead atoms. The molecule has 32 heavy (non-hydrogen) atoms. The fourth-order valence-corrected chi connectivity index (χ4v) is 4.33. The van der Waals surface area contributed by atoms with Crippen LogP contribution in [0, 0.1) is 0 Å². The van der Waals surface area contributed by atoms with Crippen LogP contribution in [0.1, 0.15) is 6.92 Å². The molecule has 1 fully saturated rings. The highest BCUT2D eigenvalue weighted by molar-refractivity contribution is 7.89. The topological polar surface area (TPSA) is 125 Å². The highest BCUT2D eigenvalue weighted by Crippen LogP contribution is 2.37. The lowest BCUT2D eigenvalue weighted by Gasteiger charge is -2.29. The first-order valence-electron chi connectivity index (χ1n) is 8.67. The van der Waals surface area contributed by atoms with Gasteiger partial charge in [-0.25, -0.2) is 18.1 Å². The average Bonchev–Trinajstić information content (AvgIpc) is 2.91. The van der Waals surface area contributed by atoms with Crippen LogP contribution < -0.4 is 20.3 Å². The monoisotopic (exact) mass is 490 g/mol. The molecule has 3 rings (SSSR count). The Morgan fingerprint density at radius 3 is 2.28 bits per heavy atom. The molecule has 4 amide bonds. The number of imide groups is 1. The first kappa shape index (κ1) is 23.5. The molecule has 0 unspecified atom stereocenters. The van der Waals surface area contributed by atoms with E-state index in [0.717, 1.165) is 36.4 Å². The quantitative estimate of drug-likeness (QED) is 0.556. The Balaban J connectivity index is 2.01. The van der Waals surface area contributed by atoms with E-state index in [9.17, 15) is 36.0 Å². The predicted molar refractivity (Wildman–Crippen MR) is 107 cm³/mol. The summed E-state index contributed by atoms with van der Waals surface area (Å²) in [5.41, 5.74) is -4.05. The number of rotatable bonds is 5. The Bertz CT molecular complexity index is 1200. The zero-order valence-corrected chi connectivity index (χ0v) is 17.6. The molecule has 1 saturated heterocycles. The third-order valence-corrected chi connectivity index (χ3v) is 5.99. The molecule has 9 nitrogen and oxygen atoms in total. The van der Waals surface area contributed by atoms with Crippen molar-refractivity contribution in [2.24, 2.45) is 0 Å². The van der Waals surface area contributed by atoms with Crippen molar-refractivity contribution in [3.8, 4) is 0 Å². The molecule has 2 aromatic carbocycles. The number of anilines is 2. The number of hydrogen-bond acceptors (Lipinski definition) is 5. The molecule has 14 heteroatoms. The first-order chi connectivity index (χ1) is 14.8. The van der Waals surface area contributed by atoms with Gasteiger partial charge in [-0.15, -0.1) is 0 Å². The molecule has 2 aromatic rings. The number of benzene rings is 2. The molecule has 0 saturated carbocycles. The van der Waals surface area contributed by atoms with E-state index in [1.807, 2.05) is 0 Å². The smallest absolute Gasteiger partial charge is 0.326 e. The molecule has 1 aliphatic rings. The van der Waals surface area contributed by atoms with Gasteiger partial charge in [0.1, 0.15) is 0 Å². The summed E-state index contributed by atoms with van der Waals surface area (Å²) in [6.45, 7) is 1.21. The van der Waals surface area contributed by atoms with Crippen molar-refractivity contribution in [2.75, 3.05) is 10.2 Å². The minimum Gasteiger partial charge on any atom is -0.326 e. The van der Waals surface area contributed by atoms with Gasteiger partial charge >= 0.3 is 12.2 Å². The van der Waals surface area contributed by atoms with E-state index < -0.39 is 44.6 Å². The number of nitrogens with one attached hydrogen (secondary N) is 3. The molecular formula is C18H14ClF3N4O5S. The minimum absolute atomic E-state index is 0.0347. The molecule has 1 aliphatic heterocycles. The van der Waals surface area contributed by atoms with Gasteiger partial charge in [0, 0.05) is 17.6 Å². The Labute approximate surface area is 184 Å². The normalized spacial score (nSPS) is 19.1. The van der Waals surface area contributed by atoms with Crippen LogP contribution >= 0.6 is 11.6 Å². The average molecular weight is 491 g/mol.